The van der Waals surface area contributed by atoms with Crippen LogP contribution in [-0.4, -0.2) is 28.9 Å². The molecule has 0 bridgehead atoms. The maximum Gasteiger partial charge on any atom is 0.401 e. The molecule has 1 aromatic rings. The number of phenols is 1. The van der Waals surface area contributed by atoms with Gasteiger partial charge in [-0.05, 0) is 30.5 Å². The highest BCUT2D eigenvalue weighted by atomic mass is 19.4. The molecule has 0 aromatic heterocycles. The summed E-state index contributed by atoms with van der Waals surface area (Å²) in [5, 5.41) is 20.5. The highest BCUT2D eigenvalue weighted by molar-refractivity contribution is 5.76. The molecule has 4 nitrogen and oxygen atoms in total. The minimum atomic E-state index is -4.49. The van der Waals surface area contributed by atoms with Gasteiger partial charge in [-0.3, -0.25) is 10.1 Å². The smallest absolute Gasteiger partial charge is 0.401 e. The van der Waals surface area contributed by atoms with E-state index in [0.29, 0.717) is 11.1 Å². The summed E-state index contributed by atoms with van der Waals surface area (Å²) in [5.74, 6) is -1.41. The van der Waals surface area contributed by atoms with E-state index in [0.717, 1.165) is 0 Å². The number of alkyl halides is 3. The molecule has 3 N–H and O–H groups in total. The van der Waals surface area contributed by atoms with E-state index in [-0.39, 0.29) is 11.3 Å². The largest absolute Gasteiger partial charge is 0.507 e. The van der Waals surface area contributed by atoms with Gasteiger partial charge in [0.25, 0.3) is 0 Å². The Labute approximate surface area is 107 Å². The number of aryl methyl sites for hydroxylation is 2. The molecule has 1 rings (SSSR count). The predicted octanol–water partition coefficient (Wildman–Crippen LogP) is 2.29. The molecule has 7 heteroatoms. The zero-order valence-electron chi connectivity index (χ0n) is 10.4. The fourth-order valence-corrected chi connectivity index (χ4v) is 1.72. The highest BCUT2D eigenvalue weighted by Crippen LogP contribution is 2.27. The van der Waals surface area contributed by atoms with Gasteiger partial charge in [0.1, 0.15) is 11.8 Å². The normalized spacial score (nSPS) is 13.3. The van der Waals surface area contributed by atoms with Crippen molar-refractivity contribution in [2.45, 2.75) is 26.1 Å². The number of benzene rings is 1. The van der Waals surface area contributed by atoms with Gasteiger partial charge in [-0.1, -0.05) is 12.1 Å². The van der Waals surface area contributed by atoms with Gasteiger partial charge in [0.15, 0.2) is 0 Å². The summed E-state index contributed by atoms with van der Waals surface area (Å²) in [6.45, 7) is 1.70. The quantitative estimate of drug-likeness (QED) is 0.789. The van der Waals surface area contributed by atoms with E-state index in [1.54, 1.807) is 13.8 Å². The average molecular weight is 277 g/mol. The van der Waals surface area contributed by atoms with E-state index >= 15 is 0 Å². The van der Waals surface area contributed by atoms with Crippen LogP contribution in [0.5, 0.6) is 5.75 Å². The number of nitrogens with one attached hydrogen (secondary N) is 1. The van der Waals surface area contributed by atoms with E-state index < -0.39 is 24.7 Å². The molecule has 1 unspecified atom stereocenters. The van der Waals surface area contributed by atoms with Crippen molar-refractivity contribution in [2.24, 2.45) is 0 Å². The van der Waals surface area contributed by atoms with Crippen LogP contribution in [0.2, 0.25) is 0 Å². The molecular formula is C12H14F3NO3. The molecule has 0 aliphatic carbocycles. The van der Waals surface area contributed by atoms with Gasteiger partial charge in [-0.15, -0.1) is 0 Å². The van der Waals surface area contributed by atoms with Crippen molar-refractivity contribution < 1.29 is 28.2 Å². The number of hydrogen-bond donors (Lipinski definition) is 3. The Bertz CT molecular complexity index is 463. The SMILES string of the molecule is Cc1cc(C(NCC(F)(F)F)C(=O)O)cc(C)c1O. The lowest BCUT2D eigenvalue weighted by atomic mass is 10.00. The maximum atomic E-state index is 12.1. The first kappa shape index (κ1) is 15.3. The fraction of sp³-hybridized carbons (Fsp3) is 0.417. The minimum absolute atomic E-state index is 0.00344. The Morgan fingerprint density at radius 3 is 2.16 bits per heavy atom. The Morgan fingerprint density at radius 1 is 1.32 bits per heavy atom. The number of hydrogen-bond acceptors (Lipinski definition) is 3. The Hall–Kier alpha value is -1.76. The average Bonchev–Trinajstić information content (AvgIpc) is 2.23. The van der Waals surface area contributed by atoms with E-state index in [4.69, 9.17) is 5.11 Å². The Morgan fingerprint density at radius 2 is 1.79 bits per heavy atom. The van der Waals surface area contributed by atoms with Crippen molar-refractivity contribution in [3.8, 4) is 5.75 Å². The van der Waals surface area contributed by atoms with Crippen LogP contribution in [0.15, 0.2) is 12.1 Å². The molecule has 0 radical (unpaired) electrons. The van der Waals surface area contributed by atoms with Gasteiger partial charge in [-0.25, -0.2) is 0 Å². The summed E-state index contributed by atoms with van der Waals surface area (Å²) in [6.07, 6.45) is -4.49. The van der Waals surface area contributed by atoms with Crippen LogP contribution in [-0.2, 0) is 4.79 Å². The van der Waals surface area contributed by atoms with Crippen LogP contribution in [0.1, 0.15) is 22.7 Å². The molecule has 0 aliphatic heterocycles. The van der Waals surface area contributed by atoms with Crippen LogP contribution in [0.4, 0.5) is 13.2 Å². The first-order chi connectivity index (χ1) is 8.61. The van der Waals surface area contributed by atoms with Gasteiger partial charge in [0, 0.05) is 0 Å². The lowest BCUT2D eigenvalue weighted by Crippen LogP contribution is -2.36. The second kappa shape index (κ2) is 5.48. The Kier molecular flexibility index (Phi) is 4.41. The van der Waals surface area contributed by atoms with E-state index in [9.17, 15) is 23.1 Å². The van der Waals surface area contributed by atoms with Crippen LogP contribution in [0.3, 0.4) is 0 Å². The molecular weight excluding hydrogens is 263 g/mol. The van der Waals surface area contributed by atoms with Crippen LogP contribution in [0, 0.1) is 13.8 Å². The summed E-state index contributed by atoms with van der Waals surface area (Å²) in [4.78, 5) is 11.0. The van der Waals surface area contributed by atoms with Crippen molar-refractivity contribution >= 4 is 5.97 Å². The molecule has 0 heterocycles. The van der Waals surface area contributed by atoms with Gasteiger partial charge >= 0.3 is 12.1 Å². The molecule has 0 saturated heterocycles. The summed E-state index contributed by atoms with van der Waals surface area (Å²) in [5.41, 5.74) is 0.995. The monoisotopic (exact) mass is 277 g/mol. The van der Waals surface area contributed by atoms with E-state index in [2.05, 4.69) is 0 Å². The van der Waals surface area contributed by atoms with Gasteiger partial charge in [-0.2, -0.15) is 13.2 Å². The zero-order chi connectivity index (χ0) is 14.8. The standard InChI is InChI=1S/C12H14F3NO3/c1-6-3-8(4-7(2)10(6)17)9(11(18)19)16-5-12(13,14)15/h3-4,9,16-17H,5H2,1-2H3,(H,18,19). The third-order valence-corrected chi connectivity index (χ3v) is 2.60. The van der Waals surface area contributed by atoms with E-state index in [1.807, 2.05) is 5.32 Å². The number of carboxylic acid groups (broad SMARTS) is 1. The summed E-state index contributed by atoms with van der Waals surface area (Å²) >= 11 is 0. The van der Waals surface area contributed by atoms with Gasteiger partial charge < -0.3 is 10.2 Å². The first-order valence-electron chi connectivity index (χ1n) is 5.45. The number of halogens is 3. The fourth-order valence-electron chi connectivity index (χ4n) is 1.72. The first-order valence-corrected chi connectivity index (χ1v) is 5.45. The lowest BCUT2D eigenvalue weighted by molar-refractivity contribution is -0.143. The van der Waals surface area contributed by atoms with Crippen molar-refractivity contribution in [3.05, 3.63) is 28.8 Å². The maximum absolute atomic E-state index is 12.1. The molecule has 0 saturated carbocycles. The van der Waals surface area contributed by atoms with Crippen molar-refractivity contribution in [1.82, 2.24) is 5.32 Å². The van der Waals surface area contributed by atoms with Gasteiger partial charge in [0.2, 0.25) is 0 Å². The number of rotatable bonds is 4. The Balaban J connectivity index is 3.03. The van der Waals surface area contributed by atoms with Gasteiger partial charge in [0.05, 0.1) is 6.54 Å². The van der Waals surface area contributed by atoms with Crippen molar-refractivity contribution in [3.63, 3.8) is 0 Å². The van der Waals surface area contributed by atoms with Crippen LogP contribution < -0.4 is 5.32 Å². The topological polar surface area (TPSA) is 69.6 Å². The zero-order valence-corrected chi connectivity index (χ0v) is 10.4. The number of carboxylic acids is 1. The summed E-state index contributed by atoms with van der Waals surface area (Å²) in [7, 11) is 0. The molecule has 19 heavy (non-hydrogen) atoms. The van der Waals surface area contributed by atoms with Crippen LogP contribution >= 0.6 is 0 Å². The third-order valence-electron chi connectivity index (χ3n) is 2.60. The van der Waals surface area contributed by atoms with E-state index in [1.165, 1.54) is 12.1 Å². The molecule has 106 valence electrons. The second-order valence-corrected chi connectivity index (χ2v) is 4.27. The lowest BCUT2D eigenvalue weighted by Gasteiger charge is -2.18. The minimum Gasteiger partial charge on any atom is -0.507 e. The highest BCUT2D eigenvalue weighted by Gasteiger charge is 2.31. The predicted molar refractivity (Wildman–Crippen MR) is 62.0 cm³/mol. The van der Waals surface area contributed by atoms with Crippen molar-refractivity contribution in [2.75, 3.05) is 6.54 Å². The molecule has 0 aliphatic rings. The molecule has 1 atom stereocenters. The second-order valence-electron chi connectivity index (χ2n) is 4.27. The molecule has 1 aromatic carbocycles. The number of carbonyl (C=O) groups is 1. The molecule has 0 fully saturated rings. The van der Waals surface area contributed by atoms with Crippen LogP contribution in [0.25, 0.3) is 0 Å². The number of phenolic OH excluding ortho intramolecular Hbond substituents is 1. The third kappa shape index (κ3) is 4.13. The number of aromatic hydroxyl groups is 1. The summed E-state index contributed by atoms with van der Waals surface area (Å²) < 4.78 is 36.4. The molecule has 0 amide bonds. The number of aliphatic carboxylic acids is 1. The van der Waals surface area contributed by atoms with Crippen molar-refractivity contribution in [1.29, 1.82) is 0 Å². The molecule has 0 spiro atoms. The summed E-state index contributed by atoms with van der Waals surface area (Å²) in [6, 6.07) is 1.23.